The lowest BCUT2D eigenvalue weighted by molar-refractivity contribution is 0.0230. The summed E-state index contributed by atoms with van der Waals surface area (Å²) in [6.45, 7) is 6.99. The van der Waals surface area contributed by atoms with Gasteiger partial charge in [-0.25, -0.2) is 0 Å². The minimum Gasteiger partial charge on any atom is -0.496 e. The van der Waals surface area contributed by atoms with E-state index in [-0.39, 0.29) is 6.04 Å². The van der Waals surface area contributed by atoms with Crippen molar-refractivity contribution in [3.8, 4) is 5.75 Å². The van der Waals surface area contributed by atoms with Crippen molar-refractivity contribution in [2.45, 2.75) is 38.8 Å². The second-order valence-corrected chi connectivity index (χ2v) is 5.59. The van der Waals surface area contributed by atoms with Gasteiger partial charge in [0.2, 0.25) is 0 Å². The summed E-state index contributed by atoms with van der Waals surface area (Å²) in [7, 11) is 3.32. The largest absolute Gasteiger partial charge is 0.496 e. The lowest BCUT2D eigenvalue weighted by atomic mass is 10.0. The van der Waals surface area contributed by atoms with E-state index < -0.39 is 5.60 Å². The molecule has 20 heavy (non-hydrogen) atoms. The van der Waals surface area contributed by atoms with Gasteiger partial charge in [-0.15, -0.1) is 0 Å². The monoisotopic (exact) mass is 281 g/mol. The van der Waals surface area contributed by atoms with Gasteiger partial charge >= 0.3 is 0 Å². The van der Waals surface area contributed by atoms with Gasteiger partial charge in [-0.3, -0.25) is 0 Å². The first-order valence-electron chi connectivity index (χ1n) is 6.99. The first-order valence-corrected chi connectivity index (χ1v) is 6.99. The molecule has 114 valence electrons. The Hall–Kier alpha value is -1.10. The van der Waals surface area contributed by atoms with Gasteiger partial charge in [0.05, 0.1) is 12.7 Å². The topological polar surface area (TPSA) is 50.7 Å². The molecule has 0 saturated carbocycles. The minimum atomic E-state index is -0.776. The molecule has 2 atom stereocenters. The first kappa shape index (κ1) is 17.0. The van der Waals surface area contributed by atoms with Crippen LogP contribution in [0.1, 0.15) is 37.4 Å². The van der Waals surface area contributed by atoms with E-state index in [1.165, 1.54) is 5.56 Å². The van der Waals surface area contributed by atoms with Gasteiger partial charge in [0, 0.05) is 38.3 Å². The van der Waals surface area contributed by atoms with Crippen molar-refractivity contribution in [2.75, 3.05) is 27.4 Å². The Morgan fingerprint density at radius 2 is 2.05 bits per heavy atom. The number of aryl methyl sites for hydroxylation is 1. The molecule has 0 aromatic heterocycles. The number of ether oxygens (including phenoxy) is 2. The third kappa shape index (κ3) is 5.12. The summed E-state index contributed by atoms with van der Waals surface area (Å²) >= 11 is 0. The third-order valence-corrected chi connectivity index (χ3v) is 3.49. The number of nitrogens with one attached hydrogen (secondary N) is 1. The Morgan fingerprint density at radius 1 is 1.35 bits per heavy atom. The number of benzene rings is 1. The fourth-order valence-corrected chi connectivity index (χ4v) is 2.07. The Kier molecular flexibility index (Phi) is 6.46. The van der Waals surface area contributed by atoms with E-state index in [0.29, 0.717) is 19.6 Å². The van der Waals surface area contributed by atoms with Crippen LogP contribution < -0.4 is 10.1 Å². The van der Waals surface area contributed by atoms with Gasteiger partial charge in [-0.2, -0.15) is 0 Å². The molecule has 0 aliphatic rings. The number of aliphatic hydroxyl groups is 1. The van der Waals surface area contributed by atoms with Gasteiger partial charge in [0.1, 0.15) is 5.75 Å². The number of hydrogen-bond donors (Lipinski definition) is 2. The first-order chi connectivity index (χ1) is 9.39. The van der Waals surface area contributed by atoms with Crippen LogP contribution in [0.25, 0.3) is 0 Å². The Morgan fingerprint density at radius 3 is 2.65 bits per heavy atom. The highest BCUT2D eigenvalue weighted by atomic mass is 16.5. The molecular formula is C16H27NO3. The molecule has 0 saturated heterocycles. The zero-order chi connectivity index (χ0) is 15.2. The molecular weight excluding hydrogens is 254 g/mol. The van der Waals surface area contributed by atoms with Crippen molar-refractivity contribution < 1.29 is 14.6 Å². The Balaban J connectivity index is 2.65. The van der Waals surface area contributed by atoms with E-state index in [2.05, 4.69) is 24.4 Å². The molecule has 0 aliphatic carbocycles. The molecule has 0 amide bonds. The zero-order valence-corrected chi connectivity index (χ0v) is 13.2. The van der Waals surface area contributed by atoms with Crippen molar-refractivity contribution in [2.24, 2.45) is 0 Å². The number of methoxy groups -OCH3 is 2. The number of rotatable bonds is 8. The van der Waals surface area contributed by atoms with Crippen molar-refractivity contribution in [1.29, 1.82) is 0 Å². The summed E-state index contributed by atoms with van der Waals surface area (Å²) in [4.78, 5) is 0. The van der Waals surface area contributed by atoms with Gasteiger partial charge in [-0.05, 0) is 32.4 Å². The summed E-state index contributed by atoms with van der Waals surface area (Å²) in [5.41, 5.74) is 1.49. The molecule has 0 fully saturated rings. The molecule has 0 spiro atoms. The quantitative estimate of drug-likeness (QED) is 0.768. The minimum absolute atomic E-state index is 0.111. The van der Waals surface area contributed by atoms with E-state index in [4.69, 9.17) is 9.47 Å². The van der Waals surface area contributed by atoms with Gasteiger partial charge in [0.25, 0.3) is 0 Å². The van der Waals surface area contributed by atoms with Crippen LogP contribution in [-0.2, 0) is 4.74 Å². The van der Waals surface area contributed by atoms with Gasteiger partial charge < -0.3 is 19.9 Å². The van der Waals surface area contributed by atoms with Crippen molar-refractivity contribution in [1.82, 2.24) is 5.32 Å². The molecule has 0 bridgehead atoms. The molecule has 4 nitrogen and oxygen atoms in total. The highest BCUT2D eigenvalue weighted by molar-refractivity contribution is 5.39. The van der Waals surface area contributed by atoms with Gasteiger partial charge in [-0.1, -0.05) is 12.1 Å². The van der Waals surface area contributed by atoms with Crippen LogP contribution in [0.2, 0.25) is 0 Å². The average Bonchev–Trinajstić information content (AvgIpc) is 2.42. The molecule has 0 radical (unpaired) electrons. The van der Waals surface area contributed by atoms with Crippen LogP contribution >= 0.6 is 0 Å². The molecule has 0 heterocycles. The van der Waals surface area contributed by atoms with Gasteiger partial charge in [0.15, 0.2) is 0 Å². The van der Waals surface area contributed by atoms with Crippen LogP contribution in [0.4, 0.5) is 0 Å². The summed E-state index contributed by atoms with van der Waals surface area (Å²) < 4.78 is 10.4. The van der Waals surface area contributed by atoms with E-state index in [0.717, 1.165) is 11.3 Å². The summed E-state index contributed by atoms with van der Waals surface area (Å²) in [5, 5.41) is 13.6. The van der Waals surface area contributed by atoms with Crippen molar-refractivity contribution >= 4 is 0 Å². The smallest absolute Gasteiger partial charge is 0.123 e. The number of hydrogen-bond acceptors (Lipinski definition) is 4. The lowest BCUT2D eigenvalue weighted by Crippen LogP contribution is -2.39. The normalized spacial score (nSPS) is 15.7. The molecule has 1 aromatic rings. The molecule has 4 heteroatoms. The summed E-state index contributed by atoms with van der Waals surface area (Å²) in [6, 6.07) is 6.27. The van der Waals surface area contributed by atoms with Crippen LogP contribution in [-0.4, -0.2) is 38.1 Å². The summed E-state index contributed by atoms with van der Waals surface area (Å²) in [6.07, 6.45) is 0.605. The van der Waals surface area contributed by atoms with E-state index in [1.54, 1.807) is 14.2 Å². The average molecular weight is 281 g/mol. The van der Waals surface area contributed by atoms with Crippen LogP contribution in [0.15, 0.2) is 18.2 Å². The van der Waals surface area contributed by atoms with Crippen molar-refractivity contribution in [3.63, 3.8) is 0 Å². The van der Waals surface area contributed by atoms with E-state index >= 15 is 0 Å². The molecule has 2 unspecified atom stereocenters. The Bertz CT molecular complexity index is 418. The molecule has 0 aliphatic heterocycles. The molecule has 1 aromatic carbocycles. The standard InChI is InChI=1S/C16H27NO3/c1-12-6-7-14(15(10-12)20-5)13(2)17-11-16(3,18)8-9-19-4/h6-7,10,13,17-18H,8-9,11H2,1-5H3. The fraction of sp³-hybridized carbons (Fsp3) is 0.625. The SMILES string of the molecule is COCCC(C)(O)CNC(C)c1ccc(C)cc1OC. The molecule has 2 N–H and O–H groups in total. The maximum Gasteiger partial charge on any atom is 0.123 e. The van der Waals surface area contributed by atoms with Crippen LogP contribution in [0.3, 0.4) is 0 Å². The summed E-state index contributed by atoms with van der Waals surface area (Å²) in [5.74, 6) is 0.876. The van der Waals surface area contributed by atoms with Crippen LogP contribution in [0.5, 0.6) is 5.75 Å². The lowest BCUT2D eigenvalue weighted by Gasteiger charge is -2.26. The Labute approximate surface area is 122 Å². The van der Waals surface area contributed by atoms with E-state index in [9.17, 15) is 5.11 Å². The van der Waals surface area contributed by atoms with Crippen LogP contribution in [0, 0.1) is 6.92 Å². The highest BCUT2D eigenvalue weighted by Gasteiger charge is 2.21. The zero-order valence-electron chi connectivity index (χ0n) is 13.2. The second-order valence-electron chi connectivity index (χ2n) is 5.59. The molecule has 1 rings (SSSR count). The van der Waals surface area contributed by atoms with E-state index in [1.807, 2.05) is 19.9 Å². The third-order valence-electron chi connectivity index (χ3n) is 3.49. The van der Waals surface area contributed by atoms with Crippen molar-refractivity contribution in [3.05, 3.63) is 29.3 Å². The maximum atomic E-state index is 10.2. The predicted molar refractivity (Wildman–Crippen MR) is 81.3 cm³/mol. The predicted octanol–water partition coefficient (Wildman–Crippen LogP) is 2.44. The fourth-order valence-electron chi connectivity index (χ4n) is 2.07. The highest BCUT2D eigenvalue weighted by Crippen LogP contribution is 2.26. The second kappa shape index (κ2) is 7.62. The maximum absolute atomic E-state index is 10.2.